The first-order valence-electron chi connectivity index (χ1n) is 8.85. The van der Waals surface area contributed by atoms with Gasteiger partial charge in [0.05, 0.1) is 33.1 Å². The van der Waals surface area contributed by atoms with Crippen LogP contribution in [0.1, 0.15) is 24.1 Å². The Hall–Kier alpha value is -2.65. The summed E-state index contributed by atoms with van der Waals surface area (Å²) in [6.07, 6.45) is 1.03. The second kappa shape index (κ2) is 9.71. The summed E-state index contributed by atoms with van der Waals surface area (Å²) in [5.74, 6) is 0.221. The van der Waals surface area contributed by atoms with Crippen LogP contribution in [0.25, 0.3) is 0 Å². The van der Waals surface area contributed by atoms with Crippen LogP contribution in [0.2, 0.25) is 0 Å². The molecule has 0 unspecified atom stereocenters. The molecule has 0 aromatic heterocycles. The van der Waals surface area contributed by atoms with Crippen LogP contribution >= 0.6 is 0 Å². The molecule has 0 saturated heterocycles. The Morgan fingerprint density at radius 3 is 2.28 bits per heavy atom. The van der Waals surface area contributed by atoms with Crippen molar-refractivity contribution in [2.45, 2.75) is 19.5 Å². The lowest BCUT2D eigenvalue weighted by atomic mass is 10.1. The monoisotopic (exact) mass is 424 g/mol. The number of hydrogen-bond acceptors (Lipinski definition) is 5. The number of amides is 1. The Kier molecular flexibility index (Phi) is 7.58. The molecule has 29 heavy (non-hydrogen) atoms. The quantitative estimate of drug-likeness (QED) is 0.669. The zero-order valence-corrected chi connectivity index (χ0v) is 17.6. The van der Waals surface area contributed by atoms with Crippen molar-refractivity contribution >= 4 is 15.9 Å². The summed E-state index contributed by atoms with van der Waals surface area (Å²) in [5.41, 5.74) is 1.36. The van der Waals surface area contributed by atoms with Crippen molar-refractivity contribution in [3.63, 3.8) is 0 Å². The number of carbonyl (C=O) groups is 1. The minimum absolute atomic E-state index is 0.0305. The summed E-state index contributed by atoms with van der Waals surface area (Å²) in [5, 5.41) is 2.78. The number of hydrogen-bond donors (Lipinski definition) is 1. The van der Waals surface area contributed by atoms with Gasteiger partial charge in [-0.25, -0.2) is 12.8 Å². The van der Waals surface area contributed by atoms with Crippen LogP contribution in [0.3, 0.4) is 0 Å². The van der Waals surface area contributed by atoms with Crippen molar-refractivity contribution in [2.75, 3.05) is 27.0 Å². The van der Waals surface area contributed by atoms with E-state index in [0.717, 1.165) is 16.1 Å². The fraction of sp³-hybridized carbons (Fsp3) is 0.350. The SMILES string of the molecule is COc1ccc([C@@H](C)NC(=O)CN(Cc2ccc(F)cc2)S(C)(=O)=O)cc1OC. The predicted octanol–water partition coefficient (Wildman–Crippen LogP) is 2.48. The molecular weight excluding hydrogens is 399 g/mol. The van der Waals surface area contributed by atoms with Gasteiger partial charge in [-0.05, 0) is 42.3 Å². The standard InChI is InChI=1S/C20H25FN2O5S/c1-14(16-7-10-18(27-2)19(11-16)28-3)22-20(24)13-23(29(4,25)26)12-15-5-8-17(21)9-6-15/h5-11,14H,12-13H2,1-4H3,(H,22,24)/t14-/m1/s1. The van der Waals surface area contributed by atoms with Gasteiger partial charge >= 0.3 is 0 Å². The van der Waals surface area contributed by atoms with Crippen LogP contribution in [0.15, 0.2) is 42.5 Å². The number of benzene rings is 2. The van der Waals surface area contributed by atoms with Crippen molar-refractivity contribution in [1.29, 1.82) is 0 Å². The zero-order chi connectivity index (χ0) is 21.6. The molecule has 158 valence electrons. The predicted molar refractivity (Wildman–Crippen MR) is 108 cm³/mol. The molecule has 2 aromatic carbocycles. The fourth-order valence-electron chi connectivity index (χ4n) is 2.74. The molecule has 0 aliphatic heterocycles. The van der Waals surface area contributed by atoms with Crippen LogP contribution < -0.4 is 14.8 Å². The minimum Gasteiger partial charge on any atom is -0.493 e. The van der Waals surface area contributed by atoms with Crippen molar-refractivity contribution in [3.05, 3.63) is 59.4 Å². The molecule has 0 aliphatic rings. The van der Waals surface area contributed by atoms with Gasteiger partial charge in [0.2, 0.25) is 15.9 Å². The van der Waals surface area contributed by atoms with E-state index in [4.69, 9.17) is 9.47 Å². The molecule has 1 atom stereocenters. The number of sulfonamides is 1. The normalized spacial score (nSPS) is 12.5. The molecule has 0 aliphatic carbocycles. The van der Waals surface area contributed by atoms with Gasteiger partial charge in [-0.1, -0.05) is 18.2 Å². The molecule has 7 nitrogen and oxygen atoms in total. The molecule has 2 aromatic rings. The third-order valence-electron chi connectivity index (χ3n) is 4.35. The van der Waals surface area contributed by atoms with Gasteiger partial charge in [-0.15, -0.1) is 0 Å². The lowest BCUT2D eigenvalue weighted by Gasteiger charge is -2.22. The maximum Gasteiger partial charge on any atom is 0.235 e. The van der Waals surface area contributed by atoms with E-state index in [1.165, 1.54) is 38.5 Å². The van der Waals surface area contributed by atoms with Crippen LogP contribution in [0, 0.1) is 5.82 Å². The number of methoxy groups -OCH3 is 2. The molecule has 0 heterocycles. The van der Waals surface area contributed by atoms with Gasteiger partial charge in [0.15, 0.2) is 11.5 Å². The van der Waals surface area contributed by atoms with Crippen LogP contribution in [0.5, 0.6) is 11.5 Å². The van der Waals surface area contributed by atoms with Crippen molar-refractivity contribution in [3.8, 4) is 11.5 Å². The number of halogens is 1. The summed E-state index contributed by atoms with van der Waals surface area (Å²) in [4.78, 5) is 12.5. The zero-order valence-electron chi connectivity index (χ0n) is 16.8. The van der Waals surface area contributed by atoms with E-state index >= 15 is 0 Å². The Morgan fingerprint density at radius 2 is 1.72 bits per heavy atom. The molecule has 0 radical (unpaired) electrons. The maximum absolute atomic E-state index is 13.1. The lowest BCUT2D eigenvalue weighted by Crippen LogP contribution is -2.40. The highest BCUT2D eigenvalue weighted by Crippen LogP contribution is 2.29. The van der Waals surface area contributed by atoms with Gasteiger partial charge in [0.1, 0.15) is 5.82 Å². The largest absolute Gasteiger partial charge is 0.493 e. The minimum atomic E-state index is -3.65. The van der Waals surface area contributed by atoms with E-state index in [0.29, 0.717) is 17.1 Å². The summed E-state index contributed by atoms with van der Waals surface area (Å²) >= 11 is 0. The van der Waals surface area contributed by atoms with E-state index in [1.807, 2.05) is 0 Å². The topological polar surface area (TPSA) is 84.9 Å². The second-order valence-electron chi connectivity index (χ2n) is 6.56. The van der Waals surface area contributed by atoms with Crippen LogP contribution in [-0.4, -0.2) is 45.7 Å². The Labute approximate surface area is 170 Å². The summed E-state index contributed by atoms with van der Waals surface area (Å²) in [6.45, 7) is 1.40. The van der Waals surface area contributed by atoms with Gasteiger partial charge in [-0.3, -0.25) is 4.79 Å². The van der Waals surface area contributed by atoms with Crippen molar-refractivity contribution in [1.82, 2.24) is 9.62 Å². The molecule has 0 fully saturated rings. The highest BCUT2D eigenvalue weighted by atomic mass is 32.2. The molecule has 9 heteroatoms. The molecule has 0 spiro atoms. The van der Waals surface area contributed by atoms with Gasteiger partial charge in [0.25, 0.3) is 0 Å². The third-order valence-corrected chi connectivity index (χ3v) is 5.54. The number of nitrogens with one attached hydrogen (secondary N) is 1. The average molecular weight is 424 g/mol. The third kappa shape index (κ3) is 6.43. The smallest absolute Gasteiger partial charge is 0.235 e. The summed E-state index contributed by atoms with van der Waals surface area (Å²) < 4.78 is 48.7. The first-order valence-corrected chi connectivity index (χ1v) is 10.7. The van der Waals surface area contributed by atoms with E-state index in [2.05, 4.69) is 5.32 Å². The molecule has 0 saturated carbocycles. The van der Waals surface area contributed by atoms with Crippen LogP contribution in [-0.2, 0) is 21.4 Å². The highest BCUT2D eigenvalue weighted by Gasteiger charge is 2.22. The van der Waals surface area contributed by atoms with Crippen LogP contribution in [0.4, 0.5) is 4.39 Å². The van der Waals surface area contributed by atoms with E-state index in [1.54, 1.807) is 25.1 Å². The number of ether oxygens (including phenoxy) is 2. The number of carbonyl (C=O) groups excluding carboxylic acids is 1. The first-order chi connectivity index (χ1) is 13.6. The molecule has 1 N–H and O–H groups in total. The van der Waals surface area contributed by atoms with Gasteiger partial charge in [0, 0.05) is 6.54 Å². The molecular formula is C20H25FN2O5S. The molecule has 0 bridgehead atoms. The maximum atomic E-state index is 13.1. The Balaban J connectivity index is 2.08. The lowest BCUT2D eigenvalue weighted by molar-refractivity contribution is -0.122. The van der Waals surface area contributed by atoms with Gasteiger partial charge in [-0.2, -0.15) is 4.31 Å². The number of rotatable bonds is 9. The molecule has 2 rings (SSSR count). The fourth-order valence-corrected chi connectivity index (χ4v) is 3.47. The molecule has 1 amide bonds. The number of nitrogens with zero attached hydrogens (tertiary/aromatic N) is 1. The second-order valence-corrected chi connectivity index (χ2v) is 8.54. The first kappa shape index (κ1) is 22.6. The van der Waals surface area contributed by atoms with Gasteiger partial charge < -0.3 is 14.8 Å². The summed E-state index contributed by atoms with van der Waals surface area (Å²) in [7, 11) is -0.597. The van der Waals surface area contributed by atoms with E-state index in [-0.39, 0.29) is 19.1 Å². The Morgan fingerprint density at radius 1 is 1.10 bits per heavy atom. The van der Waals surface area contributed by atoms with E-state index in [9.17, 15) is 17.6 Å². The average Bonchev–Trinajstić information content (AvgIpc) is 2.67. The summed E-state index contributed by atoms with van der Waals surface area (Å²) in [6, 6.07) is 10.3. The Bertz CT molecular complexity index is 948. The highest BCUT2D eigenvalue weighted by molar-refractivity contribution is 7.88. The van der Waals surface area contributed by atoms with E-state index < -0.39 is 21.7 Å². The van der Waals surface area contributed by atoms with Crippen molar-refractivity contribution in [2.24, 2.45) is 0 Å². The van der Waals surface area contributed by atoms with Crippen molar-refractivity contribution < 1.29 is 27.1 Å².